The molecule has 0 aromatic carbocycles. The van der Waals surface area contributed by atoms with Crippen LogP contribution in [0, 0.1) is 0 Å². The second-order valence-corrected chi connectivity index (χ2v) is 1.40. The van der Waals surface area contributed by atoms with E-state index >= 15 is 0 Å². The lowest BCUT2D eigenvalue weighted by Gasteiger charge is -2.06. The summed E-state index contributed by atoms with van der Waals surface area (Å²) in [4.78, 5) is 0. The second kappa shape index (κ2) is 3.27. The average Bonchev–Trinajstić information content (AvgIpc) is 1.35. The van der Waals surface area contributed by atoms with E-state index in [9.17, 15) is 4.21 Å². The van der Waals surface area contributed by atoms with E-state index in [2.05, 4.69) is 4.72 Å². The van der Waals surface area contributed by atoms with Crippen molar-refractivity contribution in [2.45, 2.75) is 6.92 Å². The molecule has 0 spiro atoms. The third kappa shape index (κ3) is 4.07. The predicted molar refractivity (Wildman–Crippen MR) is 24.7 cm³/mol. The van der Waals surface area contributed by atoms with Crippen molar-refractivity contribution >= 4 is 11.3 Å². The van der Waals surface area contributed by atoms with Crippen molar-refractivity contribution in [1.82, 2.24) is 0 Å². The monoisotopic (exact) mass is 108 g/mol. The first kappa shape index (κ1) is 6.07. The van der Waals surface area contributed by atoms with E-state index in [1.807, 2.05) is 0 Å². The van der Waals surface area contributed by atoms with E-state index in [0.29, 0.717) is 6.54 Å². The zero-order chi connectivity index (χ0) is 4.99. The largest absolute Gasteiger partial charge is 0.552 e. The maximum atomic E-state index is 9.54. The van der Waals surface area contributed by atoms with Crippen molar-refractivity contribution < 1.29 is 8.76 Å². The number of nitrogens with zero attached hydrogens (tertiary/aromatic N) is 1. The second-order valence-electron chi connectivity index (χ2n) is 0.676. The van der Waals surface area contributed by atoms with E-state index in [4.69, 9.17) is 4.55 Å². The van der Waals surface area contributed by atoms with Gasteiger partial charge in [-0.3, -0.25) is 4.21 Å². The smallest absolute Gasteiger partial charge is 0.0521 e. The van der Waals surface area contributed by atoms with Gasteiger partial charge < -0.3 is 9.27 Å². The van der Waals surface area contributed by atoms with Crippen molar-refractivity contribution in [2.75, 3.05) is 6.54 Å². The van der Waals surface area contributed by atoms with Gasteiger partial charge >= 0.3 is 0 Å². The predicted octanol–water partition coefficient (Wildman–Crippen LogP) is 0.517. The molecular formula is C2H6NO2S-. The first-order chi connectivity index (χ1) is 2.77. The molecule has 3 nitrogen and oxygen atoms in total. The van der Waals surface area contributed by atoms with Crippen LogP contribution in [0.5, 0.6) is 0 Å². The molecule has 4 heteroatoms. The minimum absolute atomic E-state index is 0.406. The van der Waals surface area contributed by atoms with Gasteiger partial charge in [0.2, 0.25) is 0 Å². The van der Waals surface area contributed by atoms with Crippen LogP contribution in [0.25, 0.3) is 4.72 Å². The Kier molecular flexibility index (Phi) is 3.31. The zero-order valence-electron chi connectivity index (χ0n) is 3.42. The van der Waals surface area contributed by atoms with E-state index < -0.39 is 11.3 Å². The van der Waals surface area contributed by atoms with Gasteiger partial charge in [-0.1, -0.05) is 6.92 Å². The summed E-state index contributed by atoms with van der Waals surface area (Å²) < 4.78 is 20.6. The Morgan fingerprint density at radius 3 is 2.50 bits per heavy atom. The van der Waals surface area contributed by atoms with E-state index in [-0.39, 0.29) is 0 Å². The third-order valence-electron chi connectivity index (χ3n) is 0.240. The summed E-state index contributed by atoms with van der Waals surface area (Å²) in [6, 6.07) is 0. The standard InChI is InChI=1S/C2H6NO2S/c1-2-3-6(4)5/h2H2,1H3,(H,4,5)/q-1. The van der Waals surface area contributed by atoms with Crippen LogP contribution in [0.1, 0.15) is 6.92 Å². The SMILES string of the molecule is CC[N-]S(=O)O. The summed E-state index contributed by atoms with van der Waals surface area (Å²) in [6.07, 6.45) is 0. The van der Waals surface area contributed by atoms with E-state index in [0.717, 1.165) is 0 Å². The quantitative estimate of drug-likeness (QED) is 0.524. The molecule has 0 saturated carbocycles. The summed E-state index contributed by atoms with van der Waals surface area (Å²) in [5.74, 6) is 0. The van der Waals surface area contributed by atoms with Gasteiger partial charge in [0.05, 0.1) is 11.3 Å². The number of rotatable bonds is 2. The summed E-state index contributed by atoms with van der Waals surface area (Å²) in [5, 5.41) is 0. The fraction of sp³-hybridized carbons (Fsp3) is 1.00. The molecule has 0 saturated heterocycles. The van der Waals surface area contributed by atoms with Crippen LogP contribution in [0.3, 0.4) is 0 Å². The molecule has 0 aliphatic rings. The highest BCUT2D eigenvalue weighted by Gasteiger charge is 1.61. The molecule has 0 aromatic rings. The van der Waals surface area contributed by atoms with Crippen LogP contribution < -0.4 is 0 Å². The van der Waals surface area contributed by atoms with Crippen molar-refractivity contribution in [1.29, 1.82) is 0 Å². The normalized spacial score (nSPS) is 14.3. The average molecular weight is 108 g/mol. The Morgan fingerprint density at radius 1 is 2.00 bits per heavy atom. The van der Waals surface area contributed by atoms with E-state index in [1.54, 1.807) is 6.92 Å². The van der Waals surface area contributed by atoms with Crippen LogP contribution in [0.15, 0.2) is 0 Å². The fourth-order valence-electron chi connectivity index (χ4n) is 0.110. The molecule has 0 amide bonds. The molecule has 1 atom stereocenters. The maximum Gasteiger partial charge on any atom is 0.0521 e. The minimum Gasteiger partial charge on any atom is -0.552 e. The molecule has 1 unspecified atom stereocenters. The Balaban J connectivity index is 2.83. The fourth-order valence-corrected chi connectivity index (χ4v) is 0.331. The number of hydrogen-bond acceptors (Lipinski definition) is 1. The maximum absolute atomic E-state index is 9.54. The Bertz CT molecular complexity index is 55.5. The van der Waals surface area contributed by atoms with Crippen LogP contribution in [0.4, 0.5) is 0 Å². The molecule has 0 fully saturated rings. The first-order valence-electron chi connectivity index (χ1n) is 1.56. The van der Waals surface area contributed by atoms with Crippen molar-refractivity contribution in [3.05, 3.63) is 4.72 Å². The van der Waals surface area contributed by atoms with Crippen molar-refractivity contribution in [3.63, 3.8) is 0 Å². The molecule has 6 heavy (non-hydrogen) atoms. The number of hydrogen-bond donors (Lipinski definition) is 1. The molecule has 0 bridgehead atoms. The highest BCUT2D eigenvalue weighted by molar-refractivity contribution is 7.81. The van der Waals surface area contributed by atoms with Gasteiger partial charge in [0, 0.05) is 0 Å². The van der Waals surface area contributed by atoms with Crippen LogP contribution in [-0.2, 0) is 11.3 Å². The molecule has 0 aromatic heterocycles. The summed E-state index contributed by atoms with van der Waals surface area (Å²) >= 11 is -1.94. The summed E-state index contributed by atoms with van der Waals surface area (Å²) in [6.45, 7) is 2.11. The zero-order valence-corrected chi connectivity index (χ0v) is 4.23. The lowest BCUT2D eigenvalue weighted by molar-refractivity contribution is 0.571. The summed E-state index contributed by atoms with van der Waals surface area (Å²) in [7, 11) is 0. The first-order valence-corrected chi connectivity index (χ1v) is 2.62. The van der Waals surface area contributed by atoms with Gasteiger partial charge in [-0.25, -0.2) is 0 Å². The van der Waals surface area contributed by atoms with Crippen LogP contribution >= 0.6 is 0 Å². The summed E-state index contributed by atoms with van der Waals surface area (Å²) in [5.41, 5.74) is 0. The van der Waals surface area contributed by atoms with Crippen LogP contribution in [-0.4, -0.2) is 15.3 Å². The minimum atomic E-state index is -1.94. The van der Waals surface area contributed by atoms with Crippen LogP contribution in [0.2, 0.25) is 0 Å². The lowest BCUT2D eigenvalue weighted by Crippen LogP contribution is -1.82. The lowest BCUT2D eigenvalue weighted by atomic mass is 10.8. The van der Waals surface area contributed by atoms with Gasteiger partial charge in [-0.05, 0) is 0 Å². The van der Waals surface area contributed by atoms with Crippen molar-refractivity contribution in [2.24, 2.45) is 0 Å². The van der Waals surface area contributed by atoms with Gasteiger partial charge in [0.25, 0.3) is 0 Å². The van der Waals surface area contributed by atoms with Gasteiger partial charge in [0.1, 0.15) is 0 Å². The Hall–Kier alpha value is 0.0700. The van der Waals surface area contributed by atoms with E-state index in [1.165, 1.54) is 0 Å². The third-order valence-corrected chi connectivity index (χ3v) is 0.719. The molecule has 0 rings (SSSR count). The molecule has 0 aliphatic carbocycles. The highest BCUT2D eigenvalue weighted by atomic mass is 32.2. The van der Waals surface area contributed by atoms with Gasteiger partial charge in [0.15, 0.2) is 0 Å². The van der Waals surface area contributed by atoms with Gasteiger partial charge in [-0.2, -0.15) is 0 Å². The highest BCUT2D eigenvalue weighted by Crippen LogP contribution is 1.85. The molecule has 0 aliphatic heterocycles. The molecule has 38 valence electrons. The molecule has 0 heterocycles. The molecule has 1 N–H and O–H groups in total. The Labute approximate surface area is 39.2 Å². The Morgan fingerprint density at radius 2 is 2.50 bits per heavy atom. The molecular weight excluding hydrogens is 102 g/mol. The van der Waals surface area contributed by atoms with Gasteiger partial charge in [-0.15, -0.1) is 6.54 Å². The topological polar surface area (TPSA) is 51.4 Å². The van der Waals surface area contributed by atoms with Crippen molar-refractivity contribution in [3.8, 4) is 0 Å². The molecule has 0 radical (unpaired) electrons.